The van der Waals surface area contributed by atoms with Gasteiger partial charge in [0.15, 0.2) is 0 Å². The number of benzene rings is 1. The van der Waals surface area contributed by atoms with Crippen LogP contribution in [-0.4, -0.2) is 5.25 Å². The molecule has 1 atom stereocenters. The number of hydrogen-bond acceptors (Lipinski definition) is 2. The van der Waals surface area contributed by atoms with Gasteiger partial charge < -0.3 is 0 Å². The molecule has 1 aromatic carbocycles. The Balaban J connectivity index is 2.78. The molecule has 1 nitrogen and oxygen atoms in total. The Labute approximate surface area is 96.5 Å². The van der Waals surface area contributed by atoms with Crippen LogP contribution in [0.3, 0.4) is 0 Å². The van der Waals surface area contributed by atoms with Crippen LogP contribution in [0.4, 0.5) is 0 Å². The fraction of sp³-hybridized carbons (Fsp3) is 0.462. The lowest BCUT2D eigenvalue weighted by molar-refractivity contribution is 0.590. The summed E-state index contributed by atoms with van der Waals surface area (Å²) in [7, 11) is 0. The van der Waals surface area contributed by atoms with E-state index in [0.717, 1.165) is 4.90 Å². The standard InChI is InChI=1S/C13H17NS/c1-10(9-14)15-12-7-5-11(6-8-12)13(2,3)4/h5-8,10H,1-4H3/t10-/m0/s1. The van der Waals surface area contributed by atoms with Gasteiger partial charge in [0.25, 0.3) is 0 Å². The van der Waals surface area contributed by atoms with E-state index in [2.05, 4.69) is 51.1 Å². The zero-order valence-corrected chi connectivity index (χ0v) is 10.6. The number of rotatable bonds is 2. The Kier molecular flexibility index (Phi) is 3.82. The fourth-order valence-electron chi connectivity index (χ4n) is 1.26. The lowest BCUT2D eigenvalue weighted by Crippen LogP contribution is -2.10. The Morgan fingerprint density at radius 2 is 1.73 bits per heavy atom. The summed E-state index contributed by atoms with van der Waals surface area (Å²) in [5.74, 6) is 0. The number of hydrogen-bond donors (Lipinski definition) is 0. The average Bonchev–Trinajstić information content (AvgIpc) is 2.17. The highest BCUT2D eigenvalue weighted by Crippen LogP contribution is 2.27. The molecule has 0 spiro atoms. The summed E-state index contributed by atoms with van der Waals surface area (Å²) in [6.45, 7) is 8.52. The second kappa shape index (κ2) is 4.72. The molecule has 0 amide bonds. The lowest BCUT2D eigenvalue weighted by Gasteiger charge is -2.19. The van der Waals surface area contributed by atoms with Crippen LogP contribution in [0, 0.1) is 11.3 Å². The summed E-state index contributed by atoms with van der Waals surface area (Å²) >= 11 is 1.60. The average molecular weight is 219 g/mol. The molecule has 0 saturated heterocycles. The first kappa shape index (κ1) is 12.1. The van der Waals surface area contributed by atoms with Gasteiger partial charge in [-0.25, -0.2) is 0 Å². The first-order valence-electron chi connectivity index (χ1n) is 5.10. The van der Waals surface area contributed by atoms with Gasteiger partial charge in [0.05, 0.1) is 11.3 Å². The van der Waals surface area contributed by atoms with E-state index in [1.807, 2.05) is 6.92 Å². The summed E-state index contributed by atoms with van der Waals surface area (Å²) in [5.41, 5.74) is 1.53. The van der Waals surface area contributed by atoms with E-state index < -0.39 is 0 Å². The highest BCUT2D eigenvalue weighted by Gasteiger charge is 2.13. The molecule has 80 valence electrons. The van der Waals surface area contributed by atoms with Crippen LogP contribution in [0.15, 0.2) is 29.2 Å². The third-order valence-electron chi connectivity index (χ3n) is 2.22. The van der Waals surface area contributed by atoms with Crippen molar-refractivity contribution in [3.63, 3.8) is 0 Å². The number of nitriles is 1. The van der Waals surface area contributed by atoms with E-state index in [-0.39, 0.29) is 10.7 Å². The smallest absolute Gasteiger partial charge is 0.0935 e. The molecule has 1 aromatic rings. The SMILES string of the molecule is C[C@@H](C#N)Sc1ccc(C(C)(C)C)cc1. The van der Waals surface area contributed by atoms with Crippen molar-refractivity contribution in [2.24, 2.45) is 0 Å². The largest absolute Gasteiger partial charge is 0.197 e. The van der Waals surface area contributed by atoms with E-state index in [9.17, 15) is 0 Å². The molecule has 2 heteroatoms. The third kappa shape index (κ3) is 3.60. The monoisotopic (exact) mass is 219 g/mol. The van der Waals surface area contributed by atoms with Gasteiger partial charge in [0, 0.05) is 4.90 Å². The molecule has 0 aliphatic heterocycles. The van der Waals surface area contributed by atoms with Gasteiger partial charge in [-0.1, -0.05) is 32.9 Å². The predicted octanol–water partition coefficient (Wildman–Crippen LogP) is 3.99. The molecule has 0 aromatic heterocycles. The maximum absolute atomic E-state index is 8.71. The summed E-state index contributed by atoms with van der Waals surface area (Å²) in [6.07, 6.45) is 0. The van der Waals surface area contributed by atoms with Gasteiger partial charge in [0.2, 0.25) is 0 Å². The summed E-state index contributed by atoms with van der Waals surface area (Å²) in [4.78, 5) is 1.16. The normalized spacial score (nSPS) is 13.3. The molecule has 0 bridgehead atoms. The van der Waals surface area contributed by atoms with Crippen molar-refractivity contribution in [3.8, 4) is 6.07 Å². The molecular formula is C13H17NS. The van der Waals surface area contributed by atoms with Crippen LogP contribution in [0.5, 0.6) is 0 Å². The first-order chi connectivity index (χ1) is 6.93. The van der Waals surface area contributed by atoms with Crippen LogP contribution in [0.25, 0.3) is 0 Å². The van der Waals surface area contributed by atoms with Crippen LogP contribution < -0.4 is 0 Å². The minimum atomic E-state index is 0.0190. The first-order valence-corrected chi connectivity index (χ1v) is 5.98. The second-order valence-corrected chi connectivity index (χ2v) is 6.08. The molecule has 0 saturated carbocycles. The van der Waals surface area contributed by atoms with Crippen molar-refractivity contribution in [2.75, 3.05) is 0 Å². The van der Waals surface area contributed by atoms with Crippen LogP contribution in [0.2, 0.25) is 0 Å². The topological polar surface area (TPSA) is 23.8 Å². The predicted molar refractivity (Wildman–Crippen MR) is 66.1 cm³/mol. The van der Waals surface area contributed by atoms with Gasteiger partial charge in [-0.2, -0.15) is 5.26 Å². The molecule has 0 aliphatic carbocycles. The van der Waals surface area contributed by atoms with Gasteiger partial charge in [-0.3, -0.25) is 0 Å². The van der Waals surface area contributed by atoms with E-state index in [4.69, 9.17) is 5.26 Å². The Morgan fingerprint density at radius 1 is 1.20 bits per heavy atom. The fourth-order valence-corrected chi connectivity index (χ4v) is 2.02. The molecule has 0 radical (unpaired) electrons. The van der Waals surface area contributed by atoms with Gasteiger partial charge in [-0.15, -0.1) is 11.8 Å². The third-order valence-corrected chi connectivity index (χ3v) is 3.22. The highest BCUT2D eigenvalue weighted by molar-refractivity contribution is 8.00. The molecule has 15 heavy (non-hydrogen) atoms. The van der Waals surface area contributed by atoms with E-state index >= 15 is 0 Å². The maximum Gasteiger partial charge on any atom is 0.0935 e. The number of nitrogens with zero attached hydrogens (tertiary/aromatic N) is 1. The lowest BCUT2D eigenvalue weighted by atomic mass is 9.87. The molecule has 0 N–H and O–H groups in total. The Bertz CT molecular complexity index is 354. The minimum Gasteiger partial charge on any atom is -0.197 e. The van der Waals surface area contributed by atoms with Gasteiger partial charge in [0.1, 0.15) is 0 Å². The van der Waals surface area contributed by atoms with Gasteiger partial charge in [-0.05, 0) is 30.0 Å². The van der Waals surface area contributed by atoms with E-state index in [1.54, 1.807) is 11.8 Å². The van der Waals surface area contributed by atoms with Crippen molar-refractivity contribution in [3.05, 3.63) is 29.8 Å². The van der Waals surface area contributed by atoms with Crippen molar-refractivity contribution in [2.45, 2.75) is 43.3 Å². The highest BCUT2D eigenvalue weighted by atomic mass is 32.2. The molecular weight excluding hydrogens is 202 g/mol. The molecule has 0 unspecified atom stereocenters. The van der Waals surface area contributed by atoms with Crippen LogP contribution in [-0.2, 0) is 5.41 Å². The van der Waals surface area contributed by atoms with Crippen molar-refractivity contribution < 1.29 is 0 Å². The van der Waals surface area contributed by atoms with E-state index in [1.165, 1.54) is 5.56 Å². The zero-order chi connectivity index (χ0) is 11.5. The van der Waals surface area contributed by atoms with E-state index in [0.29, 0.717) is 0 Å². The van der Waals surface area contributed by atoms with Crippen molar-refractivity contribution >= 4 is 11.8 Å². The molecule has 0 heterocycles. The summed E-state index contributed by atoms with van der Waals surface area (Å²) in [6, 6.07) is 10.7. The minimum absolute atomic E-state index is 0.0190. The Hall–Kier alpha value is -0.940. The Morgan fingerprint density at radius 3 is 2.13 bits per heavy atom. The molecule has 0 fully saturated rings. The molecule has 1 rings (SSSR count). The number of thioether (sulfide) groups is 1. The van der Waals surface area contributed by atoms with Crippen molar-refractivity contribution in [1.29, 1.82) is 5.26 Å². The summed E-state index contributed by atoms with van der Waals surface area (Å²) < 4.78 is 0. The second-order valence-electron chi connectivity index (χ2n) is 4.66. The molecule has 0 aliphatic rings. The van der Waals surface area contributed by atoms with Crippen LogP contribution >= 0.6 is 11.8 Å². The maximum atomic E-state index is 8.71. The zero-order valence-electron chi connectivity index (χ0n) is 9.74. The van der Waals surface area contributed by atoms with Crippen LogP contribution in [0.1, 0.15) is 33.3 Å². The quantitative estimate of drug-likeness (QED) is 0.702. The van der Waals surface area contributed by atoms with Gasteiger partial charge >= 0.3 is 0 Å². The van der Waals surface area contributed by atoms with Crippen molar-refractivity contribution in [1.82, 2.24) is 0 Å². The summed E-state index contributed by atoms with van der Waals surface area (Å²) in [5, 5.41) is 8.73.